The Hall–Kier alpha value is -3.74. The average Bonchev–Trinajstić information content (AvgIpc) is 3.48. The molecule has 5 rings (SSSR count). The van der Waals surface area contributed by atoms with Gasteiger partial charge in [-0.15, -0.1) is 0 Å². The molecule has 1 aliphatic heterocycles. The first-order valence-electron chi connectivity index (χ1n) is 10.8. The van der Waals surface area contributed by atoms with Gasteiger partial charge in [0, 0.05) is 30.2 Å². The van der Waals surface area contributed by atoms with Gasteiger partial charge in [0.15, 0.2) is 11.4 Å². The maximum Gasteiger partial charge on any atom is 0.278 e. The van der Waals surface area contributed by atoms with Crippen molar-refractivity contribution in [1.29, 1.82) is 0 Å². The Kier molecular flexibility index (Phi) is 5.31. The molecule has 7 heteroatoms. The van der Waals surface area contributed by atoms with Crippen LogP contribution in [-0.2, 0) is 0 Å². The third kappa shape index (κ3) is 3.60. The van der Waals surface area contributed by atoms with Crippen molar-refractivity contribution in [2.45, 2.75) is 18.8 Å². The summed E-state index contributed by atoms with van der Waals surface area (Å²) in [5.74, 6) is 1.65. The molecule has 7 nitrogen and oxygen atoms in total. The highest BCUT2D eigenvalue weighted by atomic mass is 16.5. The molecule has 0 aliphatic carbocycles. The number of amides is 1. The molecule has 1 amide bonds. The molecule has 164 valence electrons. The van der Waals surface area contributed by atoms with Crippen LogP contribution < -0.4 is 9.47 Å². The maximum absolute atomic E-state index is 13.3. The molecule has 0 unspecified atom stereocenters. The van der Waals surface area contributed by atoms with Crippen molar-refractivity contribution in [2.75, 3.05) is 27.3 Å². The number of nitrogens with one attached hydrogen (secondary N) is 1. The number of fused-ring (bicyclic) bond motifs is 1. The second kappa shape index (κ2) is 8.42. The van der Waals surface area contributed by atoms with E-state index in [9.17, 15) is 4.79 Å². The molecule has 0 bridgehead atoms. The second-order valence-electron chi connectivity index (χ2n) is 8.05. The number of hydrogen-bond donors (Lipinski definition) is 1. The summed E-state index contributed by atoms with van der Waals surface area (Å²) in [5.41, 5.74) is 3.64. The molecule has 4 aromatic rings. The first kappa shape index (κ1) is 20.2. The first-order valence-corrected chi connectivity index (χ1v) is 10.8. The summed E-state index contributed by atoms with van der Waals surface area (Å²) >= 11 is 0. The van der Waals surface area contributed by atoms with Crippen molar-refractivity contribution in [2.24, 2.45) is 0 Å². The number of methoxy groups -OCH3 is 2. The van der Waals surface area contributed by atoms with Gasteiger partial charge in [-0.25, -0.2) is 4.68 Å². The number of benzene rings is 2. The molecule has 0 atom stereocenters. The lowest BCUT2D eigenvalue weighted by Gasteiger charge is -2.31. The van der Waals surface area contributed by atoms with Crippen molar-refractivity contribution in [1.82, 2.24) is 19.7 Å². The Morgan fingerprint density at radius 3 is 2.56 bits per heavy atom. The largest absolute Gasteiger partial charge is 0.497 e. The van der Waals surface area contributed by atoms with Crippen molar-refractivity contribution in [3.05, 3.63) is 72.2 Å². The zero-order chi connectivity index (χ0) is 22.1. The van der Waals surface area contributed by atoms with E-state index in [-0.39, 0.29) is 5.91 Å². The van der Waals surface area contributed by atoms with Gasteiger partial charge in [0.1, 0.15) is 5.75 Å². The van der Waals surface area contributed by atoms with Crippen LogP contribution in [0.25, 0.3) is 16.6 Å². The van der Waals surface area contributed by atoms with E-state index in [0.29, 0.717) is 30.5 Å². The summed E-state index contributed by atoms with van der Waals surface area (Å²) < 4.78 is 12.6. The Balaban J connectivity index is 1.33. The Labute approximate surface area is 186 Å². The van der Waals surface area contributed by atoms with Gasteiger partial charge < -0.3 is 19.4 Å². The van der Waals surface area contributed by atoms with Crippen LogP contribution in [0.4, 0.5) is 0 Å². The molecular formula is C25H26N4O3. The number of piperidine rings is 1. The van der Waals surface area contributed by atoms with Crippen LogP contribution in [0.15, 0.2) is 60.9 Å². The minimum absolute atomic E-state index is 0.0874. The van der Waals surface area contributed by atoms with Crippen LogP contribution in [0, 0.1) is 0 Å². The number of carbonyl (C=O) groups excluding carboxylic acids is 1. The van der Waals surface area contributed by atoms with Crippen molar-refractivity contribution >= 4 is 16.8 Å². The molecular weight excluding hydrogens is 404 g/mol. The number of likely N-dealkylation sites (tertiary alicyclic amines) is 1. The lowest BCUT2D eigenvalue weighted by Crippen LogP contribution is -2.38. The van der Waals surface area contributed by atoms with Crippen LogP contribution in [0.5, 0.6) is 11.5 Å². The van der Waals surface area contributed by atoms with Gasteiger partial charge in [0.05, 0.1) is 26.1 Å². The lowest BCUT2D eigenvalue weighted by molar-refractivity contribution is 0.0703. The fraction of sp³-hybridized carbons (Fsp3) is 0.280. The summed E-state index contributed by atoms with van der Waals surface area (Å²) in [5, 5.41) is 5.73. The van der Waals surface area contributed by atoms with Crippen LogP contribution in [0.1, 0.15) is 34.8 Å². The van der Waals surface area contributed by atoms with Gasteiger partial charge in [0.2, 0.25) is 0 Å². The number of aromatic amines is 1. The fourth-order valence-corrected chi connectivity index (χ4v) is 4.50. The number of rotatable bonds is 5. The van der Waals surface area contributed by atoms with Gasteiger partial charge in [-0.3, -0.25) is 4.79 Å². The van der Waals surface area contributed by atoms with Crippen LogP contribution in [0.2, 0.25) is 0 Å². The minimum atomic E-state index is -0.0874. The van der Waals surface area contributed by atoms with E-state index < -0.39 is 0 Å². The summed E-state index contributed by atoms with van der Waals surface area (Å²) in [7, 11) is 3.26. The zero-order valence-corrected chi connectivity index (χ0v) is 18.2. The first-order chi connectivity index (χ1) is 15.7. The molecule has 1 fully saturated rings. The number of ether oxygens (including phenoxy) is 2. The van der Waals surface area contributed by atoms with E-state index in [4.69, 9.17) is 9.47 Å². The van der Waals surface area contributed by atoms with Crippen LogP contribution >= 0.6 is 0 Å². The summed E-state index contributed by atoms with van der Waals surface area (Å²) in [6, 6.07) is 15.8. The second-order valence-corrected chi connectivity index (χ2v) is 8.05. The molecule has 0 radical (unpaired) electrons. The molecule has 2 aromatic heterocycles. The molecule has 0 spiro atoms. The Morgan fingerprint density at radius 2 is 1.84 bits per heavy atom. The van der Waals surface area contributed by atoms with E-state index in [2.05, 4.69) is 22.3 Å². The lowest BCUT2D eigenvalue weighted by atomic mass is 9.89. The van der Waals surface area contributed by atoms with Crippen LogP contribution in [0.3, 0.4) is 0 Å². The van der Waals surface area contributed by atoms with Crippen molar-refractivity contribution < 1.29 is 14.3 Å². The molecule has 3 heterocycles. The predicted molar refractivity (Wildman–Crippen MR) is 123 cm³/mol. The van der Waals surface area contributed by atoms with E-state index in [1.54, 1.807) is 25.1 Å². The van der Waals surface area contributed by atoms with Crippen molar-refractivity contribution in [3.8, 4) is 17.2 Å². The molecule has 1 N–H and O–H groups in total. The molecule has 1 aliphatic rings. The third-order valence-electron chi connectivity index (χ3n) is 6.27. The minimum Gasteiger partial charge on any atom is -0.497 e. The number of aromatic nitrogens is 3. The Bertz CT molecular complexity index is 1240. The topological polar surface area (TPSA) is 72.4 Å². The molecule has 32 heavy (non-hydrogen) atoms. The van der Waals surface area contributed by atoms with E-state index >= 15 is 0 Å². The molecule has 2 aromatic carbocycles. The standard InChI is InChI=1S/C25H26N4O3/c1-31-19-8-9-22-20(14-19)21(15-26-22)17-10-12-28(13-11-17)25(30)24-23(32-2)16-29(27-24)18-6-4-3-5-7-18/h3-9,14-17,26H,10-13H2,1-2H3. The van der Waals surface area contributed by atoms with Gasteiger partial charge in [-0.1, -0.05) is 18.2 Å². The third-order valence-corrected chi connectivity index (χ3v) is 6.27. The highest BCUT2D eigenvalue weighted by molar-refractivity contribution is 5.95. The number of hydrogen-bond acceptors (Lipinski definition) is 4. The highest BCUT2D eigenvalue weighted by Crippen LogP contribution is 2.35. The molecule has 0 saturated carbocycles. The number of nitrogens with zero attached hydrogens (tertiary/aromatic N) is 3. The normalized spacial score (nSPS) is 14.6. The smallest absolute Gasteiger partial charge is 0.278 e. The monoisotopic (exact) mass is 430 g/mol. The van der Waals surface area contributed by atoms with E-state index in [1.165, 1.54) is 10.9 Å². The zero-order valence-electron chi connectivity index (χ0n) is 18.2. The number of para-hydroxylation sites is 1. The Morgan fingerprint density at radius 1 is 1.06 bits per heavy atom. The summed E-state index contributed by atoms with van der Waals surface area (Å²) in [4.78, 5) is 18.5. The maximum atomic E-state index is 13.3. The highest BCUT2D eigenvalue weighted by Gasteiger charge is 2.29. The van der Waals surface area contributed by atoms with Gasteiger partial charge in [-0.05, 0) is 54.7 Å². The predicted octanol–water partition coefficient (Wildman–Crippen LogP) is 4.39. The van der Waals surface area contributed by atoms with Gasteiger partial charge in [0.25, 0.3) is 5.91 Å². The SMILES string of the molecule is COc1ccc2[nH]cc(C3CCN(C(=O)c4nn(-c5ccccc5)cc4OC)CC3)c2c1. The van der Waals surface area contributed by atoms with Gasteiger partial charge in [-0.2, -0.15) is 5.10 Å². The van der Waals surface area contributed by atoms with Crippen LogP contribution in [-0.4, -0.2) is 52.9 Å². The number of H-pyrrole nitrogens is 1. The molecule has 1 saturated heterocycles. The van der Waals surface area contributed by atoms with E-state index in [1.807, 2.05) is 47.4 Å². The summed E-state index contributed by atoms with van der Waals surface area (Å²) in [6.45, 7) is 1.36. The van der Waals surface area contributed by atoms with Gasteiger partial charge >= 0.3 is 0 Å². The summed E-state index contributed by atoms with van der Waals surface area (Å²) in [6.07, 6.45) is 5.65. The van der Waals surface area contributed by atoms with Crippen molar-refractivity contribution in [3.63, 3.8) is 0 Å². The fourth-order valence-electron chi connectivity index (χ4n) is 4.50. The quantitative estimate of drug-likeness (QED) is 0.510. The number of carbonyl (C=O) groups is 1. The van der Waals surface area contributed by atoms with E-state index in [0.717, 1.165) is 29.8 Å². The average molecular weight is 431 g/mol.